The highest BCUT2D eigenvalue weighted by Crippen LogP contribution is 2.44. The maximum absolute atomic E-state index is 14.8. The minimum absolute atomic E-state index is 0.00280. The Balaban J connectivity index is 1.19. The van der Waals surface area contributed by atoms with Crippen LogP contribution in [0.5, 0.6) is 0 Å². The van der Waals surface area contributed by atoms with Gasteiger partial charge in [0, 0.05) is 72.7 Å². The molecule has 0 spiro atoms. The predicted octanol–water partition coefficient (Wildman–Crippen LogP) is 11.7. The summed E-state index contributed by atoms with van der Waals surface area (Å²) in [5.74, 6) is -2.18. The normalized spacial score (nSPS) is 15.0. The maximum Gasteiger partial charge on any atom is 0.412 e. The minimum atomic E-state index is -0.896. The Morgan fingerprint density at radius 3 is 1.25 bits per heavy atom. The number of benzene rings is 4. The average Bonchev–Trinajstić information content (AvgIpc) is 3.46. The molecule has 0 heterocycles. The molecular formula is C63H84N4O13. The zero-order valence-electron chi connectivity index (χ0n) is 49.3. The Labute approximate surface area is 472 Å². The van der Waals surface area contributed by atoms with E-state index in [0.29, 0.717) is 32.5 Å². The molecule has 0 saturated heterocycles. The highest BCUT2D eigenvalue weighted by atomic mass is 16.6. The van der Waals surface area contributed by atoms with Crippen molar-refractivity contribution < 1.29 is 61.9 Å². The molecule has 0 aromatic heterocycles. The highest BCUT2D eigenvalue weighted by Gasteiger charge is 2.39. The summed E-state index contributed by atoms with van der Waals surface area (Å²) >= 11 is 0. The smallest absolute Gasteiger partial charge is 0.412 e. The van der Waals surface area contributed by atoms with Crippen molar-refractivity contribution in [3.8, 4) is 11.1 Å². The van der Waals surface area contributed by atoms with E-state index < -0.39 is 52.1 Å². The number of amides is 2. The number of fused-ring (bicyclic) bond motifs is 4. The van der Waals surface area contributed by atoms with Gasteiger partial charge in [-0.25, -0.2) is 9.59 Å². The molecule has 6 rings (SSSR count). The van der Waals surface area contributed by atoms with E-state index >= 15 is 0 Å². The van der Waals surface area contributed by atoms with Gasteiger partial charge in [-0.1, -0.05) is 74.5 Å². The van der Waals surface area contributed by atoms with Crippen LogP contribution < -0.4 is 21.3 Å². The summed E-state index contributed by atoms with van der Waals surface area (Å²) in [6.07, 6.45) is 2.85. The Morgan fingerprint density at radius 2 is 0.850 bits per heavy atom. The molecule has 4 unspecified atom stereocenters. The van der Waals surface area contributed by atoms with Gasteiger partial charge in [-0.3, -0.25) is 40.4 Å². The number of hydrogen-bond donors (Lipinski definition) is 4. The fraction of sp³-hybridized carbons (Fsp3) is 0.524. The van der Waals surface area contributed by atoms with Gasteiger partial charge in [0.1, 0.15) is 13.5 Å². The third-order valence-electron chi connectivity index (χ3n) is 14.4. The summed E-state index contributed by atoms with van der Waals surface area (Å²) in [5.41, 5.74) is -0.996. The fourth-order valence-electron chi connectivity index (χ4n) is 11.5. The van der Waals surface area contributed by atoms with Gasteiger partial charge in [0.25, 0.3) is 0 Å². The minimum Gasteiger partial charge on any atom is -0.433 e. The molecule has 2 aliphatic rings. The molecule has 434 valence electrons. The third-order valence-corrected chi connectivity index (χ3v) is 14.4. The summed E-state index contributed by atoms with van der Waals surface area (Å²) in [6.45, 7) is 25.9. The Hall–Kier alpha value is -6.18. The van der Waals surface area contributed by atoms with Crippen LogP contribution in [0.15, 0.2) is 72.8 Å². The van der Waals surface area contributed by atoms with Gasteiger partial charge >= 0.3 is 12.2 Å². The standard InChI is InChI=1S/C63H84N4O13/c1-38(32-62(9,10)79-40(3)34-60(5,6)28-19-29-74-13)64-36-76-58(72)66-48-26-24-42(50-52(48)56(70)46-22-17-15-20-44(46)54(50)68)43-25-27-49(53-51(43)55(69)45-21-16-18-23-47(45)57(53)71)67-59(73)77-37-65-39(2)33-63(11,12)80-41(4)35-61(7,8)78-31-30-75-14/h15-18,20-27,38-41,64-65H,19,28-37H2,1-14H3,(H,66,72)(H,67,73). The molecule has 0 bridgehead atoms. The van der Waals surface area contributed by atoms with E-state index in [9.17, 15) is 28.8 Å². The first-order valence-electron chi connectivity index (χ1n) is 27.7. The van der Waals surface area contributed by atoms with Crippen molar-refractivity contribution in [2.75, 3.05) is 58.1 Å². The lowest BCUT2D eigenvalue weighted by molar-refractivity contribution is -0.116. The summed E-state index contributed by atoms with van der Waals surface area (Å²) in [4.78, 5) is 85.8. The number of nitrogens with one attached hydrogen (secondary N) is 4. The second-order valence-electron chi connectivity index (χ2n) is 23.9. The molecule has 17 nitrogen and oxygen atoms in total. The SMILES string of the molecule is COCCCC(C)(C)CC(C)OC(C)(C)CC(C)NCOC(=O)Nc1ccc(-c2ccc(NC(=O)OCNC(C)CC(C)(C)OC(C)CC(C)(C)OCCOC)c3c2C(=O)c2ccccc2C3=O)c2c1C(=O)c1ccccc1C2=O. The topological polar surface area (TPSA) is 215 Å². The number of rotatable bonds is 29. The number of methoxy groups -OCH3 is 2. The van der Waals surface area contributed by atoms with Crippen molar-refractivity contribution in [1.82, 2.24) is 10.6 Å². The fourth-order valence-corrected chi connectivity index (χ4v) is 11.5. The molecule has 0 radical (unpaired) electrons. The molecule has 80 heavy (non-hydrogen) atoms. The van der Waals surface area contributed by atoms with Crippen molar-refractivity contribution in [2.24, 2.45) is 5.41 Å². The van der Waals surface area contributed by atoms with Crippen LogP contribution in [0.3, 0.4) is 0 Å². The van der Waals surface area contributed by atoms with Gasteiger partial charge in [-0.2, -0.15) is 0 Å². The molecule has 4 aromatic rings. The van der Waals surface area contributed by atoms with Crippen LogP contribution in [0.2, 0.25) is 0 Å². The molecule has 2 aliphatic carbocycles. The van der Waals surface area contributed by atoms with Crippen LogP contribution in [-0.2, 0) is 33.2 Å². The number of carbonyl (C=O) groups is 6. The van der Waals surface area contributed by atoms with E-state index in [1.165, 1.54) is 48.5 Å². The van der Waals surface area contributed by atoms with Gasteiger partial charge in [-0.05, 0) is 130 Å². The Bertz CT molecular complexity index is 2700. The van der Waals surface area contributed by atoms with E-state index in [0.717, 1.165) is 25.9 Å². The molecule has 2 amide bonds. The second kappa shape index (κ2) is 27.1. The van der Waals surface area contributed by atoms with Crippen molar-refractivity contribution >= 4 is 46.7 Å². The first kappa shape index (κ1) is 63.0. The van der Waals surface area contributed by atoms with E-state index in [4.69, 9.17) is 33.2 Å². The number of hydrogen-bond acceptors (Lipinski definition) is 15. The highest BCUT2D eigenvalue weighted by molar-refractivity contribution is 6.35. The van der Waals surface area contributed by atoms with Crippen LogP contribution in [0, 0.1) is 5.41 Å². The van der Waals surface area contributed by atoms with Crippen molar-refractivity contribution in [3.63, 3.8) is 0 Å². The number of ketones is 4. The number of anilines is 2. The lowest BCUT2D eigenvalue weighted by Gasteiger charge is -2.35. The van der Waals surface area contributed by atoms with Gasteiger partial charge in [0.2, 0.25) is 0 Å². The quantitative estimate of drug-likeness (QED) is 0.0254. The summed E-state index contributed by atoms with van der Waals surface area (Å²) < 4.78 is 40.4. The van der Waals surface area contributed by atoms with Crippen LogP contribution in [0.1, 0.15) is 185 Å². The lowest BCUT2D eigenvalue weighted by atomic mass is 9.75. The largest absolute Gasteiger partial charge is 0.433 e. The molecule has 4 N–H and O–H groups in total. The maximum atomic E-state index is 14.8. The third kappa shape index (κ3) is 16.5. The van der Waals surface area contributed by atoms with Crippen molar-refractivity contribution in [2.45, 2.75) is 163 Å². The predicted molar refractivity (Wildman–Crippen MR) is 308 cm³/mol. The Morgan fingerprint density at radius 1 is 0.463 bits per heavy atom. The number of carbonyl (C=O) groups excluding carboxylic acids is 6. The van der Waals surface area contributed by atoms with E-state index in [2.05, 4.69) is 42.0 Å². The van der Waals surface area contributed by atoms with E-state index in [-0.39, 0.29) is 110 Å². The first-order valence-corrected chi connectivity index (χ1v) is 27.7. The summed E-state index contributed by atoms with van der Waals surface area (Å²) in [6, 6.07) is 18.4. The van der Waals surface area contributed by atoms with Gasteiger partial charge in [0.05, 0.1) is 64.7 Å². The summed E-state index contributed by atoms with van der Waals surface area (Å²) in [5, 5.41) is 11.8. The van der Waals surface area contributed by atoms with Gasteiger partial charge in [0.15, 0.2) is 23.1 Å². The molecule has 0 aliphatic heterocycles. The van der Waals surface area contributed by atoms with Crippen LogP contribution >= 0.6 is 0 Å². The lowest BCUT2D eigenvalue weighted by Crippen LogP contribution is -2.41. The van der Waals surface area contributed by atoms with Crippen LogP contribution in [0.4, 0.5) is 21.0 Å². The molecule has 0 fully saturated rings. The van der Waals surface area contributed by atoms with E-state index in [1.807, 2.05) is 62.3 Å². The monoisotopic (exact) mass is 1100 g/mol. The summed E-state index contributed by atoms with van der Waals surface area (Å²) in [7, 11) is 3.35. The van der Waals surface area contributed by atoms with Crippen molar-refractivity contribution in [3.05, 3.63) is 117 Å². The molecule has 4 atom stereocenters. The van der Waals surface area contributed by atoms with Gasteiger partial charge in [-0.15, -0.1) is 0 Å². The zero-order valence-corrected chi connectivity index (χ0v) is 49.3. The zero-order chi connectivity index (χ0) is 58.7. The molecular weight excluding hydrogens is 1020 g/mol. The van der Waals surface area contributed by atoms with Gasteiger partial charge < -0.3 is 33.2 Å². The number of ether oxygens (including phenoxy) is 7. The van der Waals surface area contributed by atoms with Crippen LogP contribution in [0.25, 0.3) is 11.1 Å². The second-order valence-corrected chi connectivity index (χ2v) is 23.9. The molecule has 4 aromatic carbocycles. The van der Waals surface area contributed by atoms with Crippen LogP contribution in [-0.4, -0.2) is 124 Å². The molecule has 0 saturated carbocycles. The van der Waals surface area contributed by atoms with E-state index in [1.54, 1.807) is 38.5 Å². The first-order chi connectivity index (χ1) is 37.7. The average molecular weight is 1110 g/mol. The van der Waals surface area contributed by atoms with Crippen molar-refractivity contribution in [1.29, 1.82) is 0 Å². The molecule has 17 heteroatoms. The Kier molecular flexibility index (Phi) is 21.3.